The molecule has 0 spiro atoms. The quantitative estimate of drug-likeness (QED) is 0.266. The number of nitrogens with zero attached hydrogens (tertiary/aromatic N) is 4. The maximum Gasteiger partial charge on any atom is 0.258 e. The lowest BCUT2D eigenvalue weighted by molar-refractivity contribution is -0.123. The van der Waals surface area contributed by atoms with Gasteiger partial charge in [0.05, 0.1) is 11.6 Å². The van der Waals surface area contributed by atoms with Gasteiger partial charge >= 0.3 is 0 Å². The Hall–Kier alpha value is -4.63. The van der Waals surface area contributed by atoms with Gasteiger partial charge < -0.3 is 19.5 Å². The molecule has 2 heterocycles. The molecule has 5 rings (SSSR count). The summed E-state index contributed by atoms with van der Waals surface area (Å²) in [6.45, 7) is 0.385. The Kier molecular flexibility index (Phi) is 7.42. The van der Waals surface area contributed by atoms with Crippen LogP contribution in [0.5, 0.6) is 23.1 Å². The van der Waals surface area contributed by atoms with Crippen LogP contribution in [0.25, 0.3) is 17.0 Å². The minimum absolute atomic E-state index is 0.120. The van der Waals surface area contributed by atoms with Gasteiger partial charge in [0.2, 0.25) is 5.88 Å². The molecule has 0 atom stereocenters. The monoisotopic (exact) mass is 515 g/mol. The highest BCUT2D eigenvalue weighted by atomic mass is 35.5. The molecule has 0 saturated carbocycles. The molecule has 5 aromatic rings. The molecule has 1 amide bonds. The second kappa shape index (κ2) is 11.4. The Morgan fingerprint density at radius 2 is 1.54 bits per heavy atom. The molecule has 0 fully saturated rings. The molecule has 0 aliphatic heterocycles. The number of ether oxygens (including phenoxy) is 3. The topological polar surface area (TPSA) is 99.9 Å². The molecule has 186 valence electrons. The summed E-state index contributed by atoms with van der Waals surface area (Å²) in [5, 5.41) is 16.1. The van der Waals surface area contributed by atoms with Crippen LogP contribution in [0.15, 0.2) is 91.0 Å². The molecule has 0 saturated heterocycles. The molecule has 0 bridgehead atoms. The van der Waals surface area contributed by atoms with Gasteiger partial charge in [-0.2, -0.15) is 4.52 Å². The summed E-state index contributed by atoms with van der Waals surface area (Å²) >= 11 is 6.29. The van der Waals surface area contributed by atoms with Crippen LogP contribution in [-0.4, -0.2) is 45.5 Å². The van der Waals surface area contributed by atoms with E-state index in [4.69, 9.17) is 25.8 Å². The van der Waals surface area contributed by atoms with E-state index in [1.807, 2.05) is 48.5 Å². The SMILES string of the molecule is O=C(COc1ccc(Oc2ccccc2)cc1)NCCOc1ccc2nnc(-c3ccccc3Cl)n2n1. The first-order valence-corrected chi connectivity index (χ1v) is 11.9. The highest BCUT2D eigenvalue weighted by Crippen LogP contribution is 2.26. The minimum atomic E-state index is -0.267. The van der Waals surface area contributed by atoms with Gasteiger partial charge in [0, 0.05) is 11.6 Å². The summed E-state index contributed by atoms with van der Waals surface area (Å²) in [4.78, 5) is 12.1. The van der Waals surface area contributed by atoms with E-state index in [-0.39, 0.29) is 25.7 Å². The first kappa shape index (κ1) is 24.1. The zero-order chi connectivity index (χ0) is 25.5. The Morgan fingerprint density at radius 3 is 2.35 bits per heavy atom. The molecular formula is C27H22ClN5O4. The second-order valence-corrected chi connectivity index (χ2v) is 8.23. The fourth-order valence-corrected chi connectivity index (χ4v) is 3.65. The van der Waals surface area contributed by atoms with Gasteiger partial charge in [-0.25, -0.2) is 0 Å². The average molecular weight is 516 g/mol. The van der Waals surface area contributed by atoms with Crippen molar-refractivity contribution in [3.63, 3.8) is 0 Å². The highest BCUT2D eigenvalue weighted by molar-refractivity contribution is 6.33. The summed E-state index contributed by atoms with van der Waals surface area (Å²) in [7, 11) is 0. The first-order valence-electron chi connectivity index (χ1n) is 11.5. The molecule has 1 N–H and O–H groups in total. The van der Waals surface area contributed by atoms with Gasteiger partial charge in [0.1, 0.15) is 23.9 Å². The molecule has 37 heavy (non-hydrogen) atoms. The van der Waals surface area contributed by atoms with Crippen molar-refractivity contribution in [1.82, 2.24) is 25.1 Å². The first-order chi connectivity index (χ1) is 18.2. The number of para-hydroxylation sites is 1. The zero-order valence-corrected chi connectivity index (χ0v) is 20.3. The van der Waals surface area contributed by atoms with Gasteiger partial charge in [-0.05, 0) is 54.6 Å². The Balaban J connectivity index is 1.07. The number of hydrogen-bond acceptors (Lipinski definition) is 7. The highest BCUT2D eigenvalue weighted by Gasteiger charge is 2.13. The summed E-state index contributed by atoms with van der Waals surface area (Å²) in [6.07, 6.45) is 0. The summed E-state index contributed by atoms with van der Waals surface area (Å²) in [5.74, 6) is 2.59. The van der Waals surface area contributed by atoms with E-state index in [2.05, 4.69) is 20.6 Å². The molecule has 0 aliphatic rings. The van der Waals surface area contributed by atoms with Gasteiger partial charge in [0.15, 0.2) is 18.1 Å². The van der Waals surface area contributed by atoms with Crippen molar-refractivity contribution in [3.8, 4) is 34.5 Å². The van der Waals surface area contributed by atoms with E-state index in [1.54, 1.807) is 47.0 Å². The van der Waals surface area contributed by atoms with Crippen LogP contribution in [0.2, 0.25) is 5.02 Å². The predicted octanol–water partition coefficient (Wildman–Crippen LogP) is 4.81. The Bertz CT molecular complexity index is 1490. The minimum Gasteiger partial charge on any atom is -0.484 e. The van der Waals surface area contributed by atoms with Crippen LogP contribution < -0.4 is 19.5 Å². The second-order valence-electron chi connectivity index (χ2n) is 7.82. The maximum absolute atomic E-state index is 12.1. The number of carbonyl (C=O) groups is 1. The number of halogens is 1. The van der Waals surface area contributed by atoms with Crippen molar-refractivity contribution >= 4 is 23.2 Å². The largest absolute Gasteiger partial charge is 0.484 e. The third kappa shape index (κ3) is 6.14. The molecule has 9 nitrogen and oxygen atoms in total. The van der Waals surface area contributed by atoms with Crippen molar-refractivity contribution < 1.29 is 19.0 Å². The van der Waals surface area contributed by atoms with Crippen LogP contribution >= 0.6 is 11.6 Å². The fourth-order valence-electron chi connectivity index (χ4n) is 3.43. The number of carbonyl (C=O) groups excluding carboxylic acids is 1. The van der Waals surface area contributed by atoms with E-state index in [9.17, 15) is 4.79 Å². The van der Waals surface area contributed by atoms with Gasteiger partial charge in [0.25, 0.3) is 5.91 Å². The molecule has 0 aliphatic carbocycles. The lowest BCUT2D eigenvalue weighted by Crippen LogP contribution is -2.32. The van der Waals surface area contributed by atoms with Crippen molar-refractivity contribution in [2.75, 3.05) is 19.8 Å². The molecule has 2 aromatic heterocycles. The normalized spacial score (nSPS) is 10.7. The summed E-state index contributed by atoms with van der Waals surface area (Å²) in [5.41, 5.74) is 1.28. The summed E-state index contributed by atoms with van der Waals surface area (Å²) in [6, 6.07) is 27.3. The van der Waals surface area contributed by atoms with Crippen LogP contribution in [0.4, 0.5) is 0 Å². The molecular weight excluding hydrogens is 494 g/mol. The van der Waals surface area contributed by atoms with E-state index in [1.165, 1.54) is 0 Å². The number of benzene rings is 3. The van der Waals surface area contributed by atoms with Crippen LogP contribution in [0.1, 0.15) is 0 Å². The number of nitrogens with one attached hydrogen (secondary N) is 1. The van der Waals surface area contributed by atoms with Crippen molar-refractivity contribution in [3.05, 3.63) is 96.0 Å². The number of amides is 1. The van der Waals surface area contributed by atoms with Crippen LogP contribution in [-0.2, 0) is 4.79 Å². The third-order valence-electron chi connectivity index (χ3n) is 5.20. The molecule has 0 radical (unpaired) electrons. The lowest BCUT2D eigenvalue weighted by atomic mass is 10.2. The molecule has 3 aromatic carbocycles. The van der Waals surface area contributed by atoms with Crippen LogP contribution in [0, 0.1) is 0 Å². The molecule has 10 heteroatoms. The van der Waals surface area contributed by atoms with Gasteiger partial charge in [-0.1, -0.05) is 41.9 Å². The maximum atomic E-state index is 12.1. The van der Waals surface area contributed by atoms with E-state index in [0.717, 1.165) is 5.75 Å². The van der Waals surface area contributed by atoms with Crippen molar-refractivity contribution in [2.24, 2.45) is 0 Å². The summed E-state index contributed by atoms with van der Waals surface area (Å²) < 4.78 is 18.5. The van der Waals surface area contributed by atoms with Crippen LogP contribution in [0.3, 0.4) is 0 Å². The number of fused-ring (bicyclic) bond motifs is 1. The number of rotatable bonds is 10. The smallest absolute Gasteiger partial charge is 0.258 e. The average Bonchev–Trinajstić information content (AvgIpc) is 3.35. The number of aromatic nitrogens is 4. The van der Waals surface area contributed by atoms with E-state index in [0.29, 0.717) is 39.4 Å². The number of hydrogen-bond donors (Lipinski definition) is 1. The fraction of sp³-hybridized carbons (Fsp3) is 0.111. The van der Waals surface area contributed by atoms with E-state index >= 15 is 0 Å². The standard InChI is InChI=1S/C27H22ClN5O4/c28-23-9-5-4-8-22(23)27-31-30-24-14-15-26(32-33(24)27)35-17-16-29-25(34)18-36-19-10-12-21(13-11-19)37-20-6-2-1-3-7-20/h1-15H,16-18H2,(H,29,34). The van der Waals surface area contributed by atoms with Crippen molar-refractivity contribution in [2.45, 2.75) is 0 Å². The molecule has 0 unspecified atom stereocenters. The lowest BCUT2D eigenvalue weighted by Gasteiger charge is -2.10. The van der Waals surface area contributed by atoms with Crippen molar-refractivity contribution in [1.29, 1.82) is 0 Å². The van der Waals surface area contributed by atoms with E-state index < -0.39 is 0 Å². The Labute approximate surface area is 217 Å². The predicted molar refractivity (Wildman–Crippen MR) is 138 cm³/mol. The third-order valence-corrected chi connectivity index (χ3v) is 5.53. The van der Waals surface area contributed by atoms with Gasteiger partial charge in [-0.15, -0.1) is 15.3 Å². The zero-order valence-electron chi connectivity index (χ0n) is 19.6. The van der Waals surface area contributed by atoms with Gasteiger partial charge in [-0.3, -0.25) is 4.79 Å². The Morgan fingerprint density at radius 1 is 0.811 bits per heavy atom.